The normalized spacial score (nSPS) is 18.8. The van der Waals surface area contributed by atoms with Crippen molar-refractivity contribution in [2.75, 3.05) is 32.9 Å². The van der Waals surface area contributed by atoms with E-state index in [9.17, 15) is 0 Å². The maximum absolute atomic E-state index is 6.04. The predicted molar refractivity (Wildman–Crippen MR) is 135 cm³/mol. The molecule has 0 aliphatic carbocycles. The highest BCUT2D eigenvalue weighted by molar-refractivity contribution is 5.85. The topological polar surface area (TPSA) is 35.9 Å². The first-order valence-corrected chi connectivity index (χ1v) is 13.5. The average molecular weight is 457 g/mol. The Bertz CT molecular complexity index is 846. The monoisotopic (exact) mass is 456 g/mol. The molecular formula is C28H44N2O3. The van der Waals surface area contributed by atoms with Gasteiger partial charge in [-0.1, -0.05) is 46.0 Å². The number of nitrogens with zero attached hydrogens (tertiary/aromatic N) is 2. The summed E-state index contributed by atoms with van der Waals surface area (Å²) in [5, 5.41) is 1.37. The van der Waals surface area contributed by atoms with Crippen LogP contribution in [0.1, 0.15) is 83.6 Å². The van der Waals surface area contributed by atoms with Crippen LogP contribution in [0.5, 0.6) is 5.75 Å². The maximum atomic E-state index is 6.04. The maximum Gasteiger partial charge on any atom is 0.170 e. The van der Waals surface area contributed by atoms with Gasteiger partial charge in [0.2, 0.25) is 0 Å². The van der Waals surface area contributed by atoms with Crippen LogP contribution in [0.15, 0.2) is 24.4 Å². The van der Waals surface area contributed by atoms with Crippen molar-refractivity contribution >= 4 is 10.9 Å². The van der Waals surface area contributed by atoms with Gasteiger partial charge in [0.25, 0.3) is 0 Å². The van der Waals surface area contributed by atoms with E-state index in [2.05, 4.69) is 47.7 Å². The van der Waals surface area contributed by atoms with Crippen molar-refractivity contribution in [2.45, 2.75) is 96.9 Å². The summed E-state index contributed by atoms with van der Waals surface area (Å²) >= 11 is 0. The third kappa shape index (κ3) is 6.52. The number of piperidine rings is 1. The summed E-state index contributed by atoms with van der Waals surface area (Å²) in [6, 6.07) is 6.66. The number of rotatable bonds is 12. The van der Waals surface area contributed by atoms with Gasteiger partial charge in [0, 0.05) is 56.7 Å². The quantitative estimate of drug-likeness (QED) is 0.341. The Morgan fingerprint density at radius 3 is 2.45 bits per heavy atom. The van der Waals surface area contributed by atoms with Crippen LogP contribution in [0.3, 0.4) is 0 Å². The van der Waals surface area contributed by atoms with E-state index < -0.39 is 0 Å². The van der Waals surface area contributed by atoms with E-state index in [4.69, 9.17) is 14.2 Å². The number of likely N-dealkylation sites (tertiary alicyclic amines) is 1. The van der Waals surface area contributed by atoms with Crippen LogP contribution in [-0.2, 0) is 22.6 Å². The number of fused-ring (bicyclic) bond motifs is 1. The van der Waals surface area contributed by atoms with Crippen LogP contribution in [-0.4, -0.2) is 48.2 Å². The smallest absolute Gasteiger partial charge is 0.170 e. The fourth-order valence-electron chi connectivity index (χ4n) is 5.23. The highest BCUT2D eigenvalue weighted by Crippen LogP contribution is 2.33. The van der Waals surface area contributed by atoms with Gasteiger partial charge in [-0.15, -0.1) is 0 Å². The Kier molecular flexibility index (Phi) is 9.10. The van der Waals surface area contributed by atoms with Gasteiger partial charge in [-0.2, -0.15) is 0 Å². The second kappa shape index (κ2) is 12.2. The van der Waals surface area contributed by atoms with Crippen molar-refractivity contribution in [1.82, 2.24) is 9.47 Å². The number of hydrogen-bond donors (Lipinski definition) is 0. The molecule has 0 unspecified atom stereocenters. The third-order valence-corrected chi connectivity index (χ3v) is 7.19. The fourth-order valence-corrected chi connectivity index (χ4v) is 5.23. The fraction of sp³-hybridized carbons (Fsp3) is 0.714. The largest absolute Gasteiger partial charge is 0.494 e. The molecular weight excluding hydrogens is 412 g/mol. The van der Waals surface area contributed by atoms with Gasteiger partial charge in [-0.05, 0) is 37.0 Å². The van der Waals surface area contributed by atoms with Crippen molar-refractivity contribution in [3.63, 3.8) is 0 Å². The standard InChI is InChI=1S/C28H44N2O3/c1-3-5-6-7-8-9-15-30-23-24(26-12-11-25(21-27(26)30)31-18-4-2)22-29-16-13-28(14-17-29)32-19-10-20-33-28/h11-12,21,23H,3-10,13-20,22H2,1-2H3. The van der Waals surface area contributed by atoms with Crippen LogP contribution in [0.2, 0.25) is 0 Å². The van der Waals surface area contributed by atoms with E-state index in [1.807, 2.05) is 0 Å². The van der Waals surface area contributed by atoms with E-state index in [0.717, 1.165) is 77.4 Å². The lowest BCUT2D eigenvalue weighted by Crippen LogP contribution is -2.49. The minimum atomic E-state index is -0.313. The minimum Gasteiger partial charge on any atom is -0.494 e. The lowest BCUT2D eigenvalue weighted by molar-refractivity contribution is -0.284. The van der Waals surface area contributed by atoms with E-state index in [1.54, 1.807) is 0 Å². The molecule has 1 aromatic carbocycles. The number of ether oxygens (including phenoxy) is 3. The van der Waals surface area contributed by atoms with Crippen LogP contribution in [0.25, 0.3) is 10.9 Å². The molecule has 0 bridgehead atoms. The predicted octanol–water partition coefficient (Wildman–Crippen LogP) is 6.52. The Labute approximate surface area is 200 Å². The number of benzene rings is 1. The van der Waals surface area contributed by atoms with Crippen molar-refractivity contribution in [1.29, 1.82) is 0 Å². The van der Waals surface area contributed by atoms with Gasteiger partial charge in [-0.3, -0.25) is 4.90 Å². The number of aromatic nitrogens is 1. The SMILES string of the molecule is CCCCCCCCn1cc(CN2CCC3(CC2)OCCCO3)c2ccc(OCCC)cc21. The lowest BCUT2D eigenvalue weighted by atomic mass is 10.0. The summed E-state index contributed by atoms with van der Waals surface area (Å²) in [5.74, 6) is 0.677. The molecule has 184 valence electrons. The molecule has 5 heteroatoms. The van der Waals surface area contributed by atoms with Crippen LogP contribution >= 0.6 is 0 Å². The zero-order chi connectivity index (χ0) is 22.9. The molecule has 3 heterocycles. The molecule has 2 saturated heterocycles. The van der Waals surface area contributed by atoms with Gasteiger partial charge in [-0.25, -0.2) is 0 Å². The second-order valence-electron chi connectivity index (χ2n) is 9.88. The van der Waals surface area contributed by atoms with E-state index in [-0.39, 0.29) is 5.79 Å². The van der Waals surface area contributed by atoms with E-state index in [1.165, 1.54) is 55.0 Å². The third-order valence-electron chi connectivity index (χ3n) is 7.19. The Morgan fingerprint density at radius 1 is 0.939 bits per heavy atom. The van der Waals surface area contributed by atoms with Gasteiger partial charge < -0.3 is 18.8 Å². The second-order valence-corrected chi connectivity index (χ2v) is 9.88. The van der Waals surface area contributed by atoms with Gasteiger partial charge in [0.15, 0.2) is 5.79 Å². The van der Waals surface area contributed by atoms with Crippen molar-refractivity contribution in [3.8, 4) is 5.75 Å². The Hall–Kier alpha value is -1.56. The average Bonchev–Trinajstić information content (AvgIpc) is 3.18. The molecule has 5 nitrogen and oxygen atoms in total. The zero-order valence-electron chi connectivity index (χ0n) is 20.9. The molecule has 2 fully saturated rings. The zero-order valence-corrected chi connectivity index (χ0v) is 20.9. The molecule has 1 spiro atoms. The number of aryl methyl sites for hydroxylation is 1. The van der Waals surface area contributed by atoms with Gasteiger partial charge >= 0.3 is 0 Å². The van der Waals surface area contributed by atoms with Crippen molar-refractivity contribution in [2.24, 2.45) is 0 Å². The minimum absolute atomic E-state index is 0.313. The van der Waals surface area contributed by atoms with E-state index >= 15 is 0 Å². The molecule has 1 aromatic heterocycles. The molecule has 4 rings (SSSR count). The highest BCUT2D eigenvalue weighted by Gasteiger charge is 2.38. The van der Waals surface area contributed by atoms with Crippen LogP contribution < -0.4 is 4.74 Å². The molecule has 2 aromatic rings. The number of hydrogen-bond acceptors (Lipinski definition) is 4. The van der Waals surface area contributed by atoms with E-state index in [0.29, 0.717) is 0 Å². The van der Waals surface area contributed by atoms with Gasteiger partial charge in [0.1, 0.15) is 5.75 Å². The molecule has 0 atom stereocenters. The molecule has 0 radical (unpaired) electrons. The highest BCUT2D eigenvalue weighted by atomic mass is 16.7. The van der Waals surface area contributed by atoms with Crippen molar-refractivity contribution in [3.05, 3.63) is 30.0 Å². The van der Waals surface area contributed by atoms with Crippen molar-refractivity contribution < 1.29 is 14.2 Å². The first-order valence-electron chi connectivity index (χ1n) is 13.5. The lowest BCUT2D eigenvalue weighted by Gasteiger charge is -2.43. The molecule has 0 N–H and O–H groups in total. The summed E-state index contributed by atoms with van der Waals surface area (Å²) < 4.78 is 20.5. The molecule has 0 amide bonds. The molecule has 0 saturated carbocycles. The summed E-state index contributed by atoms with van der Waals surface area (Å²) in [6.07, 6.45) is 14.3. The first kappa shape index (κ1) is 24.6. The summed E-state index contributed by atoms with van der Waals surface area (Å²) in [6.45, 7) is 11.0. The van der Waals surface area contributed by atoms with Gasteiger partial charge in [0.05, 0.1) is 25.3 Å². The molecule has 2 aliphatic heterocycles. The summed E-state index contributed by atoms with van der Waals surface area (Å²) in [7, 11) is 0. The Balaban J connectivity index is 1.42. The Morgan fingerprint density at radius 2 is 1.70 bits per heavy atom. The number of unbranched alkanes of at least 4 members (excludes halogenated alkanes) is 5. The van der Waals surface area contributed by atoms with Crippen LogP contribution in [0.4, 0.5) is 0 Å². The summed E-state index contributed by atoms with van der Waals surface area (Å²) in [5.41, 5.74) is 2.75. The molecule has 33 heavy (non-hydrogen) atoms. The first-order chi connectivity index (χ1) is 16.2. The van der Waals surface area contributed by atoms with Crippen LogP contribution in [0, 0.1) is 0 Å². The summed E-state index contributed by atoms with van der Waals surface area (Å²) in [4.78, 5) is 2.57. The molecule has 2 aliphatic rings.